The molecule has 0 amide bonds. The van der Waals surface area contributed by atoms with Crippen LogP contribution in [0, 0.1) is 6.92 Å². The first-order valence-corrected chi connectivity index (χ1v) is 13.5. The van der Waals surface area contributed by atoms with Crippen LogP contribution >= 0.6 is 81.2 Å². The first-order chi connectivity index (χ1) is 19.8. The molecule has 44 heavy (non-hydrogen) atoms. The van der Waals surface area contributed by atoms with Crippen molar-refractivity contribution in [2.75, 3.05) is 0 Å². The summed E-state index contributed by atoms with van der Waals surface area (Å²) in [4.78, 5) is 0.0320. The van der Waals surface area contributed by atoms with Gasteiger partial charge < -0.3 is 4.74 Å². The molecule has 0 aliphatic carbocycles. The van der Waals surface area contributed by atoms with Gasteiger partial charge in [-0.15, -0.1) is 10.2 Å². The van der Waals surface area contributed by atoms with Crippen LogP contribution in [0.3, 0.4) is 0 Å². The van der Waals surface area contributed by atoms with E-state index in [1.807, 2.05) is 0 Å². The van der Waals surface area contributed by atoms with Crippen LogP contribution in [0.2, 0.25) is 5.15 Å². The standard InChI is InChI=1S/C19H8Cl7F9N8O/c1-6-2-9(19(33,34)35)42(36-6)43-14(16(24,25)26)12(13(39-43)15(21,22)23)41-8(18(30,31)32)4-11(38-41)44-5-40-7(17(27,28)29)3-10(20)37-40/h2-4H,5H2,1H3/q+1. The monoisotopic (exact) mass is 780 g/mol. The van der Waals surface area contributed by atoms with Gasteiger partial charge in [-0.05, 0) is 17.8 Å². The van der Waals surface area contributed by atoms with Crippen molar-refractivity contribution in [1.82, 2.24) is 34.6 Å². The fraction of sp³-hybridized carbons (Fsp3) is 0.368. The van der Waals surface area contributed by atoms with Crippen LogP contribution < -0.4 is 9.85 Å². The maximum absolute atomic E-state index is 14.3. The van der Waals surface area contributed by atoms with E-state index in [0.29, 0.717) is 12.1 Å². The van der Waals surface area contributed by atoms with Gasteiger partial charge in [0.1, 0.15) is 5.69 Å². The maximum Gasteiger partial charge on any atom is 0.438 e. The summed E-state index contributed by atoms with van der Waals surface area (Å²) in [6.45, 7) is -0.0395. The molecule has 0 unspecified atom stereocenters. The van der Waals surface area contributed by atoms with E-state index in [2.05, 4.69) is 20.4 Å². The molecule has 0 fully saturated rings. The van der Waals surface area contributed by atoms with Crippen molar-refractivity contribution < 1.29 is 44.3 Å². The van der Waals surface area contributed by atoms with Crippen molar-refractivity contribution >= 4 is 92.6 Å². The Morgan fingerprint density at radius 3 is 1.82 bits per heavy atom. The van der Waals surface area contributed by atoms with Crippen molar-refractivity contribution in [3.8, 4) is 5.88 Å². The fourth-order valence-corrected chi connectivity index (χ4v) is 4.72. The molecular formula is C19H8Cl7F9N8O+. The van der Waals surface area contributed by atoms with Gasteiger partial charge in [0.25, 0.3) is 3.79 Å². The summed E-state index contributed by atoms with van der Waals surface area (Å²) in [5, 5.41) is 13.7. The van der Waals surface area contributed by atoms with Crippen LogP contribution in [0.4, 0.5) is 39.5 Å². The van der Waals surface area contributed by atoms with Gasteiger partial charge in [0.2, 0.25) is 15.4 Å². The van der Waals surface area contributed by atoms with Crippen LogP contribution in [0.25, 0.3) is 5.70 Å². The normalized spacial score (nSPS) is 15.9. The Morgan fingerprint density at radius 2 is 1.32 bits per heavy atom. The molecule has 0 aromatic carbocycles. The molecular weight excluding hydrogens is 775 g/mol. The second-order valence-electron chi connectivity index (χ2n) is 8.39. The zero-order valence-electron chi connectivity index (χ0n) is 20.5. The zero-order valence-corrected chi connectivity index (χ0v) is 25.8. The molecule has 0 atom stereocenters. The minimum absolute atomic E-state index is 0.0320. The Labute approximate surface area is 273 Å². The molecule has 1 aliphatic rings. The van der Waals surface area contributed by atoms with E-state index in [9.17, 15) is 39.5 Å². The molecule has 0 spiro atoms. The second-order valence-corrected chi connectivity index (χ2v) is 13.3. The number of hydrogen-bond donors (Lipinski definition) is 0. The Morgan fingerprint density at radius 1 is 0.750 bits per heavy atom. The quantitative estimate of drug-likeness (QED) is 0.149. The Kier molecular flexibility index (Phi) is 9.14. The molecule has 3 aromatic rings. The Bertz CT molecular complexity index is 1640. The average Bonchev–Trinajstić information content (AvgIpc) is 3.57. The lowest BCUT2D eigenvalue weighted by molar-refractivity contribution is -0.146. The zero-order chi connectivity index (χ0) is 33.4. The lowest BCUT2D eigenvalue weighted by atomic mass is 10.2. The molecule has 4 heterocycles. The molecule has 0 saturated carbocycles. The molecule has 1 aliphatic heterocycles. The third kappa shape index (κ3) is 7.11. The van der Waals surface area contributed by atoms with Crippen LogP contribution in [-0.4, -0.2) is 42.7 Å². The summed E-state index contributed by atoms with van der Waals surface area (Å²) in [5.41, 5.74) is -8.23. The van der Waals surface area contributed by atoms with Crippen molar-refractivity contribution in [1.29, 1.82) is 0 Å². The topological polar surface area (TPSA) is 81.0 Å². The lowest BCUT2D eigenvalue weighted by Crippen LogP contribution is -2.38. The molecule has 0 bridgehead atoms. The van der Waals surface area contributed by atoms with Gasteiger partial charge in [-0.2, -0.15) is 44.6 Å². The average molecular weight is 783 g/mol. The predicted molar refractivity (Wildman–Crippen MR) is 141 cm³/mol. The summed E-state index contributed by atoms with van der Waals surface area (Å²) in [7, 11) is 0. The van der Waals surface area contributed by atoms with E-state index in [4.69, 9.17) is 85.9 Å². The highest BCUT2D eigenvalue weighted by atomic mass is 35.6. The van der Waals surface area contributed by atoms with Crippen molar-refractivity contribution in [3.63, 3.8) is 0 Å². The first-order valence-electron chi connectivity index (χ1n) is 10.8. The van der Waals surface area contributed by atoms with E-state index in [1.54, 1.807) is 0 Å². The molecule has 3 aromatic heterocycles. The number of hydrogen-bond acceptors (Lipinski definition) is 6. The molecule has 0 saturated heterocycles. The minimum Gasteiger partial charge on any atom is -0.453 e. The van der Waals surface area contributed by atoms with Crippen molar-refractivity contribution in [2.24, 2.45) is 5.10 Å². The Balaban J connectivity index is 1.95. The summed E-state index contributed by atoms with van der Waals surface area (Å²) in [6.07, 6.45) is -15.5. The maximum atomic E-state index is 14.3. The highest BCUT2D eigenvalue weighted by molar-refractivity contribution is 6.80. The van der Waals surface area contributed by atoms with Gasteiger partial charge in [0.15, 0.2) is 34.1 Å². The molecule has 25 heteroatoms. The smallest absolute Gasteiger partial charge is 0.438 e. The van der Waals surface area contributed by atoms with Gasteiger partial charge in [-0.25, -0.2) is 9.36 Å². The van der Waals surface area contributed by atoms with E-state index in [-0.39, 0.29) is 31.0 Å². The third-order valence-corrected chi connectivity index (χ3v) is 6.49. The van der Waals surface area contributed by atoms with Crippen LogP contribution in [-0.2, 0) is 25.3 Å². The number of nitrogens with zero attached hydrogens (tertiary/aromatic N) is 8. The van der Waals surface area contributed by atoms with Gasteiger partial charge in [0.05, 0.1) is 5.69 Å². The number of alkyl halides is 15. The number of allylic oxidation sites excluding steroid dienone is 2. The number of aromatic nitrogens is 6. The van der Waals surface area contributed by atoms with Gasteiger partial charge in [-0.3, -0.25) is 0 Å². The van der Waals surface area contributed by atoms with E-state index in [1.165, 1.54) is 0 Å². The molecule has 241 valence electrons. The third-order valence-electron chi connectivity index (χ3n) is 5.23. The van der Waals surface area contributed by atoms with E-state index in [0.717, 1.165) is 6.92 Å². The first kappa shape index (κ1) is 35.1. The summed E-state index contributed by atoms with van der Waals surface area (Å²) >= 11 is 41.4. The van der Waals surface area contributed by atoms with Gasteiger partial charge in [-0.1, -0.05) is 81.2 Å². The highest BCUT2D eigenvalue weighted by Gasteiger charge is 2.59. The SMILES string of the molecule is Cc1cc(C(F)(F)F)n([N+]2N=C(C(Cl)(Cl)Cl)C(n3nc(OCn4nc(Cl)cc4C(F)(F)F)cc3C(F)(F)F)=C2C(Cl)(Cl)Cl)n1. The Hall–Kier alpha value is -1.80. The van der Waals surface area contributed by atoms with Gasteiger partial charge in [0, 0.05) is 17.2 Å². The van der Waals surface area contributed by atoms with E-state index < -0.39 is 78.1 Å². The number of hydrazone groups is 1. The number of aryl methyl sites for hydroxylation is 1. The van der Waals surface area contributed by atoms with Gasteiger partial charge >= 0.3 is 24.2 Å². The number of ether oxygens (including phenoxy) is 1. The lowest BCUT2D eigenvalue weighted by Gasteiger charge is -2.17. The van der Waals surface area contributed by atoms with E-state index >= 15 is 0 Å². The molecule has 1 radical (unpaired) electrons. The summed E-state index contributed by atoms with van der Waals surface area (Å²) in [6, 6.07) is 1.15. The van der Waals surface area contributed by atoms with Crippen LogP contribution in [0.15, 0.2) is 29.0 Å². The van der Waals surface area contributed by atoms with Crippen molar-refractivity contribution in [2.45, 2.75) is 39.8 Å². The fourth-order valence-electron chi connectivity index (χ4n) is 3.64. The largest absolute Gasteiger partial charge is 0.453 e. The summed E-state index contributed by atoms with van der Waals surface area (Å²) < 4.78 is 123. The van der Waals surface area contributed by atoms with Crippen molar-refractivity contribution in [3.05, 3.63) is 51.8 Å². The summed E-state index contributed by atoms with van der Waals surface area (Å²) in [5.74, 6) is -1.01. The number of rotatable bonds is 5. The predicted octanol–water partition coefficient (Wildman–Crippen LogP) is 8.21. The molecule has 0 N–H and O–H groups in total. The molecule has 4 rings (SSSR count). The second kappa shape index (κ2) is 11.5. The molecule has 9 nitrogen and oxygen atoms in total. The minimum atomic E-state index is -5.36. The van der Waals surface area contributed by atoms with Crippen LogP contribution in [0.1, 0.15) is 22.8 Å². The van der Waals surface area contributed by atoms with Crippen LogP contribution in [0.5, 0.6) is 5.88 Å². The highest BCUT2D eigenvalue weighted by Crippen LogP contribution is 2.48. The number of halogens is 16.